The Morgan fingerprint density at radius 1 is 1.06 bits per heavy atom. The molecule has 1 heterocycles. The molecule has 4 aliphatic carbocycles. The van der Waals surface area contributed by atoms with Gasteiger partial charge < -0.3 is 10.6 Å². The lowest BCUT2D eigenvalue weighted by atomic mass is 10.0. The van der Waals surface area contributed by atoms with Crippen molar-refractivity contribution in [1.82, 2.24) is 10.6 Å². The molecule has 6 atom stereocenters. The van der Waals surface area contributed by atoms with Crippen molar-refractivity contribution in [2.45, 2.75) is 25.3 Å². The van der Waals surface area contributed by atoms with E-state index in [-0.39, 0.29) is 12.4 Å². The fourth-order valence-corrected chi connectivity index (χ4v) is 5.57. The quantitative estimate of drug-likeness (QED) is 0.786. The fraction of sp³-hybridized carbons (Fsp3) is 0.929. The Morgan fingerprint density at radius 2 is 1.67 bits per heavy atom. The van der Waals surface area contributed by atoms with Crippen molar-refractivity contribution in [3.05, 3.63) is 0 Å². The minimum atomic E-state index is 0. The van der Waals surface area contributed by atoms with Crippen molar-refractivity contribution in [2.24, 2.45) is 41.4 Å². The van der Waals surface area contributed by atoms with Crippen LogP contribution in [0, 0.1) is 41.4 Å². The van der Waals surface area contributed by atoms with E-state index in [1.54, 1.807) is 0 Å². The van der Waals surface area contributed by atoms with Gasteiger partial charge in [-0.1, -0.05) is 0 Å². The summed E-state index contributed by atoms with van der Waals surface area (Å²) in [5, 5.41) is 6.72. The number of halogens is 1. The molecule has 4 heteroatoms. The average Bonchev–Trinajstić information content (AvgIpc) is 2.99. The van der Waals surface area contributed by atoms with Gasteiger partial charge in [0.2, 0.25) is 5.91 Å². The van der Waals surface area contributed by atoms with Crippen LogP contribution >= 0.6 is 12.4 Å². The summed E-state index contributed by atoms with van der Waals surface area (Å²) in [7, 11) is 0. The summed E-state index contributed by atoms with van der Waals surface area (Å²) < 4.78 is 0. The molecular formula is C14H21ClN2O. The molecule has 2 bridgehead atoms. The molecular weight excluding hydrogens is 248 g/mol. The van der Waals surface area contributed by atoms with Crippen LogP contribution in [0.25, 0.3) is 0 Å². The van der Waals surface area contributed by atoms with Crippen molar-refractivity contribution in [3.8, 4) is 0 Å². The maximum atomic E-state index is 12.3. The van der Waals surface area contributed by atoms with Crippen LogP contribution in [0.1, 0.15) is 19.3 Å². The molecule has 0 aromatic rings. The van der Waals surface area contributed by atoms with E-state index in [1.807, 2.05) is 0 Å². The summed E-state index contributed by atoms with van der Waals surface area (Å²) in [6.45, 7) is 2.25. The first-order chi connectivity index (χ1) is 8.34. The van der Waals surface area contributed by atoms with Gasteiger partial charge >= 0.3 is 0 Å². The zero-order chi connectivity index (χ0) is 11.1. The number of nitrogens with one attached hydrogen (secondary N) is 2. The number of piperidine rings is 1. The summed E-state index contributed by atoms with van der Waals surface area (Å²) >= 11 is 0. The minimum Gasteiger partial charge on any atom is -0.352 e. The third-order valence-electron chi connectivity index (χ3n) is 6.44. The number of amides is 1. The van der Waals surface area contributed by atoms with Gasteiger partial charge in [-0.2, -0.15) is 0 Å². The Labute approximate surface area is 114 Å². The van der Waals surface area contributed by atoms with Gasteiger partial charge in [-0.25, -0.2) is 0 Å². The van der Waals surface area contributed by atoms with Crippen LogP contribution < -0.4 is 10.6 Å². The molecule has 100 valence electrons. The van der Waals surface area contributed by atoms with Crippen molar-refractivity contribution in [2.75, 3.05) is 13.1 Å². The monoisotopic (exact) mass is 268 g/mol. The van der Waals surface area contributed by atoms with Gasteiger partial charge in [-0.3, -0.25) is 4.79 Å². The van der Waals surface area contributed by atoms with Crippen molar-refractivity contribution in [1.29, 1.82) is 0 Å². The van der Waals surface area contributed by atoms with E-state index in [9.17, 15) is 4.79 Å². The SMILES string of the molecule is Cl.O=C(NC1C2CNCC21)C1C2C3CCC(C3)C12. The van der Waals surface area contributed by atoms with Crippen LogP contribution in [0.5, 0.6) is 0 Å². The molecule has 1 aliphatic heterocycles. The van der Waals surface area contributed by atoms with E-state index in [0.717, 1.165) is 48.6 Å². The molecule has 0 spiro atoms. The second kappa shape index (κ2) is 3.63. The lowest BCUT2D eigenvalue weighted by Gasteiger charge is -2.11. The number of hydrogen-bond acceptors (Lipinski definition) is 2. The summed E-state index contributed by atoms with van der Waals surface area (Å²) in [4.78, 5) is 12.3. The molecule has 5 aliphatic rings. The third kappa shape index (κ3) is 1.32. The van der Waals surface area contributed by atoms with Crippen LogP contribution in [-0.4, -0.2) is 25.0 Å². The zero-order valence-corrected chi connectivity index (χ0v) is 11.3. The van der Waals surface area contributed by atoms with Gasteiger partial charge in [-0.15, -0.1) is 12.4 Å². The first-order valence-corrected chi connectivity index (χ1v) is 7.35. The summed E-state index contributed by atoms with van der Waals surface area (Å²) in [5.74, 6) is 5.79. The molecule has 1 amide bonds. The molecule has 0 aromatic carbocycles. The van der Waals surface area contributed by atoms with Crippen molar-refractivity contribution in [3.63, 3.8) is 0 Å². The number of fused-ring (bicyclic) bond motifs is 6. The van der Waals surface area contributed by atoms with Crippen molar-refractivity contribution >= 4 is 18.3 Å². The lowest BCUT2D eigenvalue weighted by molar-refractivity contribution is -0.123. The Balaban J connectivity index is 0.000000882. The minimum absolute atomic E-state index is 0. The first kappa shape index (κ1) is 11.5. The highest BCUT2D eigenvalue weighted by molar-refractivity contribution is 5.85. The molecule has 18 heavy (non-hydrogen) atoms. The molecule has 0 radical (unpaired) electrons. The van der Waals surface area contributed by atoms with Crippen LogP contribution in [-0.2, 0) is 4.79 Å². The van der Waals surface area contributed by atoms with E-state index in [4.69, 9.17) is 0 Å². The Hall–Kier alpha value is -0.280. The van der Waals surface area contributed by atoms with Gasteiger partial charge in [0.15, 0.2) is 0 Å². The smallest absolute Gasteiger partial charge is 0.223 e. The number of carbonyl (C=O) groups is 1. The molecule has 1 saturated heterocycles. The maximum Gasteiger partial charge on any atom is 0.223 e. The van der Waals surface area contributed by atoms with Crippen LogP contribution in [0.4, 0.5) is 0 Å². The van der Waals surface area contributed by atoms with E-state index in [1.165, 1.54) is 19.3 Å². The van der Waals surface area contributed by atoms with E-state index >= 15 is 0 Å². The van der Waals surface area contributed by atoms with Gasteiger partial charge in [0.25, 0.3) is 0 Å². The number of rotatable bonds is 2. The average molecular weight is 269 g/mol. The fourth-order valence-electron chi connectivity index (χ4n) is 5.57. The van der Waals surface area contributed by atoms with E-state index in [0.29, 0.717) is 17.9 Å². The number of hydrogen-bond donors (Lipinski definition) is 2. The largest absolute Gasteiger partial charge is 0.352 e. The maximum absolute atomic E-state index is 12.3. The molecule has 2 N–H and O–H groups in total. The van der Waals surface area contributed by atoms with Gasteiger partial charge in [0.05, 0.1) is 0 Å². The zero-order valence-electron chi connectivity index (χ0n) is 10.5. The Kier molecular flexibility index (Phi) is 2.33. The highest BCUT2D eigenvalue weighted by Crippen LogP contribution is 2.69. The second-order valence-electron chi connectivity index (χ2n) is 7.03. The topological polar surface area (TPSA) is 41.1 Å². The molecule has 5 rings (SSSR count). The Bertz CT molecular complexity index is 375. The van der Waals surface area contributed by atoms with Crippen LogP contribution in [0.2, 0.25) is 0 Å². The van der Waals surface area contributed by atoms with Gasteiger partial charge in [0, 0.05) is 25.0 Å². The van der Waals surface area contributed by atoms with E-state index in [2.05, 4.69) is 10.6 Å². The first-order valence-electron chi connectivity index (χ1n) is 7.35. The summed E-state index contributed by atoms with van der Waals surface area (Å²) in [6.07, 6.45) is 4.26. The summed E-state index contributed by atoms with van der Waals surface area (Å²) in [5.41, 5.74) is 0. The highest BCUT2D eigenvalue weighted by Gasteiger charge is 2.68. The second-order valence-corrected chi connectivity index (χ2v) is 7.03. The third-order valence-corrected chi connectivity index (χ3v) is 6.44. The normalized spacial score (nSPS) is 57.6. The molecule has 5 fully saturated rings. The lowest BCUT2D eigenvalue weighted by Crippen LogP contribution is -2.34. The highest BCUT2D eigenvalue weighted by atomic mass is 35.5. The Morgan fingerprint density at radius 3 is 2.28 bits per heavy atom. The van der Waals surface area contributed by atoms with E-state index < -0.39 is 0 Å². The standard InChI is InChI=1S/C14H20N2O.ClH/c17-14(16-13-8-4-15-5-9(8)13)12-10-6-1-2-7(3-6)11(10)12;/h6-13,15H,1-5H2,(H,16,17);1H. The molecule has 3 nitrogen and oxygen atoms in total. The summed E-state index contributed by atoms with van der Waals surface area (Å²) in [6, 6.07) is 0.530. The van der Waals surface area contributed by atoms with Crippen LogP contribution in [0.3, 0.4) is 0 Å². The molecule has 0 aromatic heterocycles. The van der Waals surface area contributed by atoms with Gasteiger partial charge in [0.1, 0.15) is 0 Å². The van der Waals surface area contributed by atoms with Crippen molar-refractivity contribution < 1.29 is 4.79 Å². The molecule has 4 saturated carbocycles. The van der Waals surface area contributed by atoms with Crippen LogP contribution in [0.15, 0.2) is 0 Å². The van der Waals surface area contributed by atoms with Gasteiger partial charge in [-0.05, 0) is 54.8 Å². The predicted molar refractivity (Wildman–Crippen MR) is 70.3 cm³/mol. The number of carbonyl (C=O) groups excluding carboxylic acids is 1. The predicted octanol–water partition coefficient (Wildman–Crippen LogP) is 1.03. The molecule has 6 unspecified atom stereocenters.